The lowest BCUT2D eigenvalue weighted by molar-refractivity contribution is -0.131. The van der Waals surface area contributed by atoms with Crippen molar-refractivity contribution >= 4 is 11.9 Å². The van der Waals surface area contributed by atoms with Gasteiger partial charge in [0, 0.05) is 33.4 Å². The molecule has 0 aliphatic heterocycles. The zero-order chi connectivity index (χ0) is 39.9. The molecule has 8 heteroatoms. The van der Waals surface area contributed by atoms with Crippen LogP contribution in [0.15, 0.2) is 85.0 Å². The van der Waals surface area contributed by atoms with E-state index in [2.05, 4.69) is 51.3 Å². The molecule has 1 aliphatic carbocycles. The van der Waals surface area contributed by atoms with Crippen molar-refractivity contribution in [1.82, 2.24) is 0 Å². The third kappa shape index (κ3) is 7.47. The summed E-state index contributed by atoms with van der Waals surface area (Å²) in [6.07, 6.45) is 2.52. The molecular formula is C47H54O8. The molecule has 290 valence electrons. The van der Waals surface area contributed by atoms with E-state index in [9.17, 15) is 9.59 Å². The topological polar surface area (TPSA) is 89.5 Å². The average molecular weight is 747 g/mol. The molecule has 0 amide bonds. The van der Waals surface area contributed by atoms with Crippen LogP contribution in [0.3, 0.4) is 0 Å². The molecule has 0 saturated carbocycles. The number of hydrogen-bond acceptors (Lipinski definition) is 8. The second kappa shape index (κ2) is 17.8. The van der Waals surface area contributed by atoms with E-state index in [0.717, 1.165) is 46.2 Å². The van der Waals surface area contributed by atoms with Crippen LogP contribution >= 0.6 is 0 Å². The number of benzene rings is 4. The maximum atomic E-state index is 13.2. The van der Waals surface area contributed by atoms with Gasteiger partial charge in [0.1, 0.15) is 11.5 Å². The van der Waals surface area contributed by atoms with E-state index in [4.69, 9.17) is 28.4 Å². The van der Waals surface area contributed by atoms with Crippen molar-refractivity contribution in [2.24, 2.45) is 0 Å². The summed E-state index contributed by atoms with van der Waals surface area (Å²) < 4.78 is 38.6. The van der Waals surface area contributed by atoms with Crippen molar-refractivity contribution < 1.29 is 38.0 Å². The van der Waals surface area contributed by atoms with Crippen molar-refractivity contribution in [2.75, 3.05) is 26.4 Å². The Morgan fingerprint density at radius 1 is 0.527 bits per heavy atom. The van der Waals surface area contributed by atoms with E-state index < -0.39 is 17.4 Å². The first-order chi connectivity index (χ1) is 26.5. The van der Waals surface area contributed by atoms with Crippen LogP contribution in [0.25, 0.3) is 11.1 Å². The Morgan fingerprint density at radius 2 is 0.891 bits per heavy atom. The van der Waals surface area contributed by atoms with Gasteiger partial charge in [-0.05, 0) is 88.8 Å². The Kier molecular flexibility index (Phi) is 13.1. The van der Waals surface area contributed by atoms with Crippen LogP contribution in [-0.2, 0) is 27.8 Å². The van der Waals surface area contributed by atoms with E-state index >= 15 is 0 Å². The second-order valence-electron chi connectivity index (χ2n) is 13.5. The van der Waals surface area contributed by atoms with Gasteiger partial charge in [-0.15, -0.1) is 0 Å². The number of carbonyl (C=O) groups is 2. The fourth-order valence-corrected chi connectivity index (χ4v) is 7.55. The molecule has 0 bridgehead atoms. The van der Waals surface area contributed by atoms with E-state index in [1.54, 1.807) is 13.8 Å². The van der Waals surface area contributed by atoms with Crippen LogP contribution in [0.4, 0.5) is 0 Å². The highest BCUT2D eigenvalue weighted by molar-refractivity contribution is 5.92. The molecule has 0 aromatic heterocycles. The minimum absolute atomic E-state index is 0.266. The van der Waals surface area contributed by atoms with Crippen LogP contribution in [-0.4, -0.2) is 38.4 Å². The Hall–Kier alpha value is -5.50. The summed E-state index contributed by atoms with van der Waals surface area (Å²) in [5, 5.41) is 0. The van der Waals surface area contributed by atoms with Crippen LogP contribution < -0.4 is 28.4 Å². The van der Waals surface area contributed by atoms with E-state index in [0.29, 0.717) is 84.9 Å². The predicted octanol–water partition coefficient (Wildman–Crippen LogP) is 10.5. The Balaban J connectivity index is 2.11. The monoisotopic (exact) mass is 746 g/mol. The third-order valence-corrected chi connectivity index (χ3v) is 9.61. The molecule has 0 radical (unpaired) electrons. The SMILES string of the molecule is C=C(C)C(=O)Oc1c(OCC)cc(C2(c3cc(OCC)c(OC(=O)C(=C)C)c(CCC)c3OCC)c3ccccc3-c3ccccc32)c(OCC)c1CCC. The fraction of sp³-hybridized carbons (Fsp3) is 0.362. The maximum absolute atomic E-state index is 13.2. The Labute approximate surface area is 326 Å². The van der Waals surface area contributed by atoms with Crippen LogP contribution in [0.1, 0.15) is 102 Å². The molecule has 5 rings (SSSR count). The molecule has 0 heterocycles. The van der Waals surface area contributed by atoms with Gasteiger partial charge in [0.05, 0.1) is 31.8 Å². The number of esters is 2. The summed E-state index contributed by atoms with van der Waals surface area (Å²) in [7, 11) is 0. The summed E-state index contributed by atoms with van der Waals surface area (Å²) >= 11 is 0. The first-order valence-electron chi connectivity index (χ1n) is 19.4. The minimum Gasteiger partial charge on any atom is -0.493 e. The van der Waals surface area contributed by atoms with Crippen molar-refractivity contribution in [3.63, 3.8) is 0 Å². The van der Waals surface area contributed by atoms with E-state index in [1.807, 2.05) is 64.1 Å². The van der Waals surface area contributed by atoms with E-state index in [1.165, 1.54) is 0 Å². The molecule has 0 unspecified atom stereocenters. The van der Waals surface area contributed by atoms with Crippen LogP contribution in [0.5, 0.6) is 34.5 Å². The lowest BCUT2D eigenvalue weighted by Gasteiger charge is -2.38. The van der Waals surface area contributed by atoms with Gasteiger partial charge in [-0.1, -0.05) is 88.4 Å². The maximum Gasteiger partial charge on any atom is 0.338 e. The molecule has 1 aliphatic rings. The van der Waals surface area contributed by atoms with Crippen molar-refractivity contribution in [2.45, 2.75) is 86.5 Å². The minimum atomic E-state index is -1.10. The number of hydrogen-bond donors (Lipinski definition) is 0. The molecule has 55 heavy (non-hydrogen) atoms. The van der Waals surface area contributed by atoms with Gasteiger partial charge >= 0.3 is 11.9 Å². The van der Waals surface area contributed by atoms with Gasteiger partial charge in [0.15, 0.2) is 23.0 Å². The highest BCUT2D eigenvalue weighted by atomic mass is 16.6. The van der Waals surface area contributed by atoms with Gasteiger partial charge in [0.2, 0.25) is 0 Å². The molecule has 0 spiro atoms. The molecule has 0 atom stereocenters. The normalized spacial score (nSPS) is 12.3. The summed E-state index contributed by atoms with van der Waals surface area (Å²) in [4.78, 5) is 26.4. The quantitative estimate of drug-likeness (QED) is 0.0497. The summed E-state index contributed by atoms with van der Waals surface area (Å²) in [6, 6.07) is 20.6. The first kappa shape index (κ1) is 40.7. The molecule has 4 aromatic rings. The van der Waals surface area contributed by atoms with Crippen molar-refractivity contribution in [1.29, 1.82) is 0 Å². The predicted molar refractivity (Wildman–Crippen MR) is 217 cm³/mol. The van der Waals surface area contributed by atoms with Gasteiger partial charge in [-0.2, -0.15) is 0 Å². The standard InChI is InChI=1S/C47H54O8/c1-11-21-33-41(52-15-5)37(27-39(50-13-3)43(33)54-45(48)29(7)8)47(35-25-19-17-23-31(35)32-24-18-20-26-36(32)47)38-28-40(51-14-4)44(55-46(49)30(9)10)34(22-12-2)42(38)53-16-6/h17-20,23-28H,7,9,11-16,21-22H2,1-6,8,10H3. The number of rotatable bonds is 18. The number of fused-ring (bicyclic) bond motifs is 3. The average Bonchev–Trinajstić information content (AvgIpc) is 3.46. The largest absolute Gasteiger partial charge is 0.493 e. The van der Waals surface area contributed by atoms with Gasteiger partial charge in [-0.3, -0.25) is 0 Å². The van der Waals surface area contributed by atoms with Gasteiger partial charge in [-0.25, -0.2) is 9.59 Å². The lowest BCUT2D eigenvalue weighted by atomic mass is 9.66. The lowest BCUT2D eigenvalue weighted by Crippen LogP contribution is -2.31. The summed E-state index contributed by atoms with van der Waals surface area (Å²) in [6.45, 7) is 24.1. The molecule has 0 saturated heterocycles. The molecule has 0 N–H and O–H groups in total. The van der Waals surface area contributed by atoms with Crippen LogP contribution in [0.2, 0.25) is 0 Å². The fourth-order valence-electron chi connectivity index (χ4n) is 7.55. The zero-order valence-corrected chi connectivity index (χ0v) is 33.6. The number of ether oxygens (including phenoxy) is 6. The van der Waals surface area contributed by atoms with Crippen LogP contribution in [0, 0.1) is 0 Å². The molecule has 4 aromatic carbocycles. The van der Waals surface area contributed by atoms with Crippen molar-refractivity contribution in [3.8, 4) is 45.6 Å². The Bertz CT molecular complexity index is 1940. The summed E-state index contributed by atoms with van der Waals surface area (Å²) in [5.74, 6) is 1.50. The highest BCUT2D eigenvalue weighted by Gasteiger charge is 2.51. The van der Waals surface area contributed by atoms with Gasteiger partial charge in [0.25, 0.3) is 0 Å². The van der Waals surface area contributed by atoms with Crippen molar-refractivity contribution in [3.05, 3.63) is 118 Å². The molecular weight excluding hydrogens is 693 g/mol. The molecule has 8 nitrogen and oxygen atoms in total. The van der Waals surface area contributed by atoms with E-state index in [-0.39, 0.29) is 11.1 Å². The molecule has 0 fully saturated rings. The second-order valence-corrected chi connectivity index (χ2v) is 13.5. The summed E-state index contributed by atoms with van der Waals surface area (Å²) in [5.41, 5.74) is 6.50. The Morgan fingerprint density at radius 3 is 1.22 bits per heavy atom. The zero-order valence-electron chi connectivity index (χ0n) is 33.6. The highest BCUT2D eigenvalue weighted by Crippen LogP contribution is 2.63. The first-order valence-corrected chi connectivity index (χ1v) is 19.4. The number of carbonyl (C=O) groups excluding carboxylic acids is 2. The third-order valence-electron chi connectivity index (χ3n) is 9.61. The van der Waals surface area contributed by atoms with Gasteiger partial charge < -0.3 is 28.4 Å². The smallest absolute Gasteiger partial charge is 0.338 e.